The van der Waals surface area contributed by atoms with Crippen molar-refractivity contribution in [1.29, 1.82) is 0 Å². The summed E-state index contributed by atoms with van der Waals surface area (Å²) < 4.78 is 78.0. The van der Waals surface area contributed by atoms with Gasteiger partial charge in [0.25, 0.3) is 0 Å². The maximum atomic E-state index is 14.1. The van der Waals surface area contributed by atoms with Gasteiger partial charge in [0.2, 0.25) is 12.4 Å². The lowest BCUT2D eigenvalue weighted by atomic mass is 10.00. The molecule has 0 aromatic carbocycles. The maximum Gasteiger partial charge on any atom is 0.408 e. The van der Waals surface area contributed by atoms with E-state index in [0.717, 1.165) is 23.9 Å². The second-order valence-electron chi connectivity index (χ2n) is 6.79. The molecule has 0 spiro atoms. The molecule has 2 atom stereocenters. The molecule has 1 aromatic rings. The van der Waals surface area contributed by atoms with E-state index in [0.29, 0.717) is 18.8 Å². The SMILES string of the molecule is CCC(C)CCCCc1cn(C(CC(F)F)C(=NCC(F)(F)F)NN)nc1F. The first-order chi connectivity index (χ1) is 13.1. The Morgan fingerprint density at radius 1 is 1.32 bits per heavy atom. The van der Waals surface area contributed by atoms with E-state index in [4.69, 9.17) is 5.84 Å². The summed E-state index contributed by atoms with van der Waals surface area (Å²) in [7, 11) is 0. The summed E-state index contributed by atoms with van der Waals surface area (Å²) in [4.78, 5) is 3.23. The number of nitrogens with one attached hydrogen (secondary N) is 1. The number of hydrogen-bond donors (Lipinski definition) is 2. The van der Waals surface area contributed by atoms with Gasteiger partial charge >= 0.3 is 6.18 Å². The van der Waals surface area contributed by atoms with Crippen molar-refractivity contribution in [1.82, 2.24) is 15.2 Å². The van der Waals surface area contributed by atoms with Crippen LogP contribution in [0.2, 0.25) is 0 Å². The molecule has 0 amide bonds. The van der Waals surface area contributed by atoms with Crippen LogP contribution < -0.4 is 11.3 Å². The highest BCUT2D eigenvalue weighted by atomic mass is 19.4. The monoisotopic (exact) mass is 415 g/mol. The lowest BCUT2D eigenvalue weighted by molar-refractivity contribution is -0.118. The molecule has 3 N–H and O–H groups in total. The second kappa shape index (κ2) is 11.3. The lowest BCUT2D eigenvalue weighted by Gasteiger charge is -2.19. The fraction of sp³-hybridized carbons (Fsp3) is 0.765. The Morgan fingerprint density at radius 3 is 2.54 bits per heavy atom. The first kappa shape index (κ1) is 24.3. The van der Waals surface area contributed by atoms with Crippen LogP contribution in [-0.4, -0.2) is 34.8 Å². The third kappa shape index (κ3) is 8.49. The Labute approximate surface area is 160 Å². The van der Waals surface area contributed by atoms with Crippen LogP contribution in [0.3, 0.4) is 0 Å². The van der Waals surface area contributed by atoms with Crippen LogP contribution in [0.15, 0.2) is 11.2 Å². The minimum atomic E-state index is -4.63. The van der Waals surface area contributed by atoms with Crippen LogP contribution in [0.1, 0.15) is 57.6 Å². The van der Waals surface area contributed by atoms with E-state index >= 15 is 0 Å². The van der Waals surface area contributed by atoms with Crippen LogP contribution in [0.5, 0.6) is 0 Å². The Hall–Kier alpha value is -1.78. The van der Waals surface area contributed by atoms with E-state index in [2.05, 4.69) is 23.9 Å². The highest BCUT2D eigenvalue weighted by Gasteiger charge is 2.30. The van der Waals surface area contributed by atoms with Crippen molar-refractivity contribution in [3.8, 4) is 0 Å². The number of aromatic nitrogens is 2. The third-order valence-electron chi connectivity index (χ3n) is 4.46. The summed E-state index contributed by atoms with van der Waals surface area (Å²) in [6.07, 6.45) is -3.22. The molecule has 11 heteroatoms. The zero-order valence-electron chi connectivity index (χ0n) is 15.9. The fourth-order valence-electron chi connectivity index (χ4n) is 2.68. The van der Waals surface area contributed by atoms with E-state index in [1.165, 1.54) is 6.20 Å². The first-order valence-corrected chi connectivity index (χ1v) is 9.16. The van der Waals surface area contributed by atoms with Crippen molar-refractivity contribution >= 4 is 5.84 Å². The Balaban J connectivity index is 2.93. The summed E-state index contributed by atoms with van der Waals surface area (Å²) >= 11 is 0. The summed E-state index contributed by atoms with van der Waals surface area (Å²) in [5, 5.41) is 3.57. The molecule has 0 radical (unpaired) electrons. The van der Waals surface area contributed by atoms with Crippen LogP contribution in [0.4, 0.5) is 26.3 Å². The van der Waals surface area contributed by atoms with E-state index in [9.17, 15) is 26.3 Å². The van der Waals surface area contributed by atoms with Crippen LogP contribution in [-0.2, 0) is 6.42 Å². The summed E-state index contributed by atoms with van der Waals surface area (Å²) in [5.74, 6) is 4.36. The average Bonchev–Trinajstić information content (AvgIpc) is 2.97. The highest BCUT2D eigenvalue weighted by molar-refractivity contribution is 5.85. The minimum Gasteiger partial charge on any atom is -0.310 e. The Bertz CT molecular complexity index is 614. The van der Waals surface area contributed by atoms with Gasteiger partial charge in [0.1, 0.15) is 18.4 Å². The largest absolute Gasteiger partial charge is 0.408 e. The maximum absolute atomic E-state index is 14.1. The first-order valence-electron chi connectivity index (χ1n) is 9.16. The van der Waals surface area contributed by atoms with Gasteiger partial charge < -0.3 is 5.43 Å². The molecule has 0 fully saturated rings. The van der Waals surface area contributed by atoms with Crippen molar-refractivity contribution in [2.45, 2.75) is 71.0 Å². The number of aryl methyl sites for hydroxylation is 1. The number of halogens is 6. The number of hydrogen-bond acceptors (Lipinski definition) is 3. The number of alkyl halides is 5. The standard InChI is InChI=1S/C17H27F6N5/c1-3-11(2)6-4-5-7-12-9-28(27-15(12)20)13(8-14(18)19)16(26-24)25-10-17(21,22)23/h9,11,13-14H,3-8,10,24H2,1-2H3,(H,25,26). The molecular weight excluding hydrogens is 388 g/mol. The fourth-order valence-corrected chi connectivity index (χ4v) is 2.68. The topological polar surface area (TPSA) is 68.2 Å². The van der Waals surface area contributed by atoms with Gasteiger partial charge in [0.05, 0.1) is 0 Å². The molecule has 28 heavy (non-hydrogen) atoms. The van der Waals surface area contributed by atoms with Crippen molar-refractivity contribution in [2.24, 2.45) is 16.8 Å². The average molecular weight is 415 g/mol. The number of rotatable bonds is 11. The third-order valence-corrected chi connectivity index (χ3v) is 4.46. The molecule has 0 saturated heterocycles. The van der Waals surface area contributed by atoms with Crippen LogP contribution >= 0.6 is 0 Å². The molecule has 0 aliphatic heterocycles. The molecule has 0 aliphatic rings. The number of amidine groups is 1. The number of unbranched alkanes of at least 4 members (excludes halogenated alkanes) is 1. The van der Waals surface area contributed by atoms with Gasteiger partial charge in [0.15, 0.2) is 0 Å². The quantitative estimate of drug-likeness (QED) is 0.141. The van der Waals surface area contributed by atoms with Crippen LogP contribution in [0.25, 0.3) is 0 Å². The molecule has 2 unspecified atom stereocenters. The van der Waals surface area contributed by atoms with Gasteiger partial charge in [-0.3, -0.25) is 9.67 Å². The van der Waals surface area contributed by atoms with Crippen molar-refractivity contribution in [2.75, 3.05) is 6.54 Å². The number of aliphatic imine (C=N–C) groups is 1. The molecule has 0 aliphatic carbocycles. The predicted molar refractivity (Wildman–Crippen MR) is 94.5 cm³/mol. The molecule has 162 valence electrons. The number of hydrazine groups is 1. The van der Waals surface area contributed by atoms with E-state index < -0.39 is 43.4 Å². The predicted octanol–water partition coefficient (Wildman–Crippen LogP) is 4.40. The van der Waals surface area contributed by atoms with E-state index in [1.807, 2.05) is 5.43 Å². The molecule has 1 rings (SSSR count). The Kier molecular flexibility index (Phi) is 9.77. The second-order valence-corrected chi connectivity index (χ2v) is 6.79. The number of nitrogens with zero attached hydrogens (tertiary/aromatic N) is 3. The van der Waals surface area contributed by atoms with Crippen LogP contribution in [0, 0.1) is 11.9 Å². The lowest BCUT2D eigenvalue weighted by Crippen LogP contribution is -2.39. The molecule has 0 saturated carbocycles. The normalized spacial score (nSPS) is 15.1. The van der Waals surface area contributed by atoms with Gasteiger partial charge in [-0.05, 0) is 18.8 Å². The Morgan fingerprint density at radius 2 is 2.00 bits per heavy atom. The summed E-state index contributed by atoms with van der Waals surface area (Å²) in [6.45, 7) is 2.61. The molecule has 0 bridgehead atoms. The van der Waals surface area contributed by atoms with Gasteiger partial charge in [-0.2, -0.15) is 17.6 Å². The molecule has 5 nitrogen and oxygen atoms in total. The van der Waals surface area contributed by atoms with Crippen molar-refractivity contribution in [3.63, 3.8) is 0 Å². The smallest absolute Gasteiger partial charge is 0.310 e. The van der Waals surface area contributed by atoms with E-state index in [1.54, 1.807) is 0 Å². The van der Waals surface area contributed by atoms with Gasteiger partial charge in [0, 0.05) is 18.2 Å². The zero-order chi connectivity index (χ0) is 21.3. The number of nitrogens with two attached hydrogens (primary N) is 1. The molecule has 1 heterocycles. The highest BCUT2D eigenvalue weighted by Crippen LogP contribution is 2.22. The van der Waals surface area contributed by atoms with Gasteiger partial charge in [-0.15, -0.1) is 5.10 Å². The molecular formula is C17H27F6N5. The van der Waals surface area contributed by atoms with Crippen molar-refractivity contribution < 1.29 is 26.3 Å². The van der Waals surface area contributed by atoms with Gasteiger partial charge in [-0.1, -0.05) is 33.1 Å². The van der Waals surface area contributed by atoms with E-state index in [-0.39, 0.29) is 5.56 Å². The summed E-state index contributed by atoms with van der Waals surface area (Å²) in [6, 6.07) is -1.43. The molecule has 1 aromatic heterocycles. The zero-order valence-corrected chi connectivity index (χ0v) is 15.9. The van der Waals surface area contributed by atoms with Gasteiger partial charge in [-0.25, -0.2) is 14.6 Å². The minimum absolute atomic E-state index is 0.218. The van der Waals surface area contributed by atoms with Crippen molar-refractivity contribution in [3.05, 3.63) is 17.7 Å². The summed E-state index contributed by atoms with van der Waals surface area (Å²) in [5.41, 5.74) is 2.13.